The van der Waals surface area contributed by atoms with Gasteiger partial charge in [-0.3, -0.25) is 4.79 Å². The minimum Gasteiger partial charge on any atom is -0.396 e. The molecule has 2 atom stereocenters. The minimum atomic E-state index is -0.555. The molecule has 0 radical (unpaired) electrons. The third kappa shape index (κ3) is 2.24. The number of carbonyl (C=O) groups is 1. The van der Waals surface area contributed by atoms with Crippen LogP contribution in [-0.4, -0.2) is 36.7 Å². The lowest BCUT2D eigenvalue weighted by Gasteiger charge is -2.28. The number of anilines is 2. The van der Waals surface area contributed by atoms with Gasteiger partial charge in [-0.1, -0.05) is 0 Å². The number of nitrogen functional groups attached to an aromatic ring is 1. The van der Waals surface area contributed by atoms with Crippen molar-refractivity contribution in [2.45, 2.75) is 25.5 Å². The van der Waals surface area contributed by atoms with Gasteiger partial charge in [-0.15, -0.1) is 0 Å². The molecule has 1 amide bonds. The molecule has 1 aromatic heterocycles. The van der Waals surface area contributed by atoms with Crippen molar-refractivity contribution in [3.63, 3.8) is 0 Å². The molecule has 18 heavy (non-hydrogen) atoms. The van der Waals surface area contributed by atoms with E-state index in [1.54, 1.807) is 6.07 Å². The smallest absolute Gasteiger partial charge is 0.267 e. The third-order valence-electron chi connectivity index (χ3n) is 3.33. The minimum absolute atomic E-state index is 0.119. The molecular formula is C12H18N4O2. The Balaban J connectivity index is 2.31. The number of rotatable bonds is 3. The van der Waals surface area contributed by atoms with E-state index < -0.39 is 5.91 Å². The van der Waals surface area contributed by atoms with Gasteiger partial charge in [0.15, 0.2) is 5.82 Å². The number of pyridine rings is 1. The summed E-state index contributed by atoms with van der Waals surface area (Å²) in [6.07, 6.45) is 1.04. The summed E-state index contributed by atoms with van der Waals surface area (Å²) in [5, 5.41) is 0. The molecule has 0 bridgehead atoms. The molecule has 2 heterocycles. The van der Waals surface area contributed by atoms with Crippen molar-refractivity contribution in [2.24, 2.45) is 5.73 Å². The molecule has 0 aliphatic carbocycles. The maximum Gasteiger partial charge on any atom is 0.267 e. The van der Waals surface area contributed by atoms with Gasteiger partial charge in [0.1, 0.15) is 5.69 Å². The van der Waals surface area contributed by atoms with Crippen LogP contribution in [0.1, 0.15) is 23.8 Å². The fourth-order valence-corrected chi connectivity index (χ4v) is 2.26. The van der Waals surface area contributed by atoms with E-state index in [0.29, 0.717) is 11.5 Å². The molecule has 0 spiro atoms. The third-order valence-corrected chi connectivity index (χ3v) is 3.33. The van der Waals surface area contributed by atoms with Crippen LogP contribution in [-0.2, 0) is 4.74 Å². The Morgan fingerprint density at radius 2 is 2.28 bits per heavy atom. The van der Waals surface area contributed by atoms with Crippen LogP contribution in [0.3, 0.4) is 0 Å². The molecule has 4 N–H and O–H groups in total. The molecule has 2 unspecified atom stereocenters. The maximum atomic E-state index is 11.1. The number of nitrogens with zero attached hydrogens (tertiary/aromatic N) is 2. The van der Waals surface area contributed by atoms with Crippen LogP contribution in [0, 0.1) is 0 Å². The Labute approximate surface area is 106 Å². The first-order valence-corrected chi connectivity index (χ1v) is 5.91. The van der Waals surface area contributed by atoms with Gasteiger partial charge in [-0.25, -0.2) is 4.98 Å². The average Bonchev–Trinajstić information content (AvgIpc) is 2.75. The molecule has 1 fully saturated rings. The number of ether oxygens (including phenoxy) is 1. The van der Waals surface area contributed by atoms with Crippen molar-refractivity contribution in [2.75, 3.05) is 24.3 Å². The van der Waals surface area contributed by atoms with Crippen LogP contribution in [0.25, 0.3) is 0 Å². The van der Waals surface area contributed by atoms with Crippen LogP contribution < -0.4 is 16.4 Å². The van der Waals surface area contributed by atoms with Crippen LogP contribution in [0.15, 0.2) is 12.1 Å². The van der Waals surface area contributed by atoms with Gasteiger partial charge in [0.25, 0.3) is 5.91 Å². The quantitative estimate of drug-likeness (QED) is 0.808. The highest BCUT2D eigenvalue weighted by Crippen LogP contribution is 2.27. The number of hydrogen-bond acceptors (Lipinski definition) is 5. The summed E-state index contributed by atoms with van der Waals surface area (Å²) in [5.41, 5.74) is 11.9. The SMILES string of the molecule is CC1OCCC1N(C)c1nc(C(N)=O)ccc1N. The van der Waals surface area contributed by atoms with Gasteiger partial charge in [-0.05, 0) is 25.5 Å². The van der Waals surface area contributed by atoms with Crippen molar-refractivity contribution < 1.29 is 9.53 Å². The Bertz CT molecular complexity index is 463. The van der Waals surface area contributed by atoms with Crippen LogP contribution in [0.2, 0.25) is 0 Å². The summed E-state index contributed by atoms with van der Waals surface area (Å²) in [6, 6.07) is 3.39. The number of likely N-dealkylation sites (N-methyl/N-ethyl adjacent to an activating group) is 1. The lowest BCUT2D eigenvalue weighted by Crippen LogP contribution is -2.38. The lowest BCUT2D eigenvalue weighted by molar-refractivity contribution is 0.0995. The molecule has 1 aliphatic heterocycles. The van der Waals surface area contributed by atoms with Crippen molar-refractivity contribution in [1.29, 1.82) is 0 Å². The fourth-order valence-electron chi connectivity index (χ4n) is 2.26. The summed E-state index contributed by atoms with van der Waals surface area (Å²) in [5.74, 6) is 0.0222. The highest BCUT2D eigenvalue weighted by molar-refractivity contribution is 5.91. The Kier molecular flexibility index (Phi) is 3.38. The standard InChI is InChI=1S/C12H18N4O2/c1-7-10(5-6-18-7)16(2)12-8(13)3-4-9(15-12)11(14)17/h3-4,7,10H,5-6,13H2,1-2H3,(H2,14,17). The van der Waals surface area contributed by atoms with E-state index in [-0.39, 0.29) is 17.8 Å². The van der Waals surface area contributed by atoms with Crippen LogP contribution in [0.4, 0.5) is 11.5 Å². The van der Waals surface area contributed by atoms with Crippen molar-refractivity contribution in [3.05, 3.63) is 17.8 Å². The highest BCUT2D eigenvalue weighted by atomic mass is 16.5. The summed E-state index contributed by atoms with van der Waals surface area (Å²) in [4.78, 5) is 17.3. The van der Waals surface area contributed by atoms with Crippen LogP contribution >= 0.6 is 0 Å². The molecule has 6 nitrogen and oxygen atoms in total. The van der Waals surface area contributed by atoms with Crippen LogP contribution in [0.5, 0.6) is 0 Å². The lowest BCUT2D eigenvalue weighted by atomic mass is 10.1. The van der Waals surface area contributed by atoms with E-state index in [1.807, 2.05) is 18.9 Å². The zero-order valence-electron chi connectivity index (χ0n) is 10.6. The second-order valence-electron chi connectivity index (χ2n) is 4.52. The van der Waals surface area contributed by atoms with Gasteiger partial charge in [0.2, 0.25) is 0 Å². The predicted molar refractivity (Wildman–Crippen MR) is 69.4 cm³/mol. The summed E-state index contributed by atoms with van der Waals surface area (Å²) >= 11 is 0. The number of aromatic nitrogens is 1. The molecular weight excluding hydrogens is 232 g/mol. The molecule has 2 rings (SSSR count). The largest absolute Gasteiger partial charge is 0.396 e. The van der Waals surface area contributed by atoms with E-state index in [2.05, 4.69) is 4.98 Å². The van der Waals surface area contributed by atoms with E-state index >= 15 is 0 Å². The van der Waals surface area contributed by atoms with E-state index in [0.717, 1.165) is 13.0 Å². The molecule has 1 saturated heterocycles. The number of carbonyl (C=O) groups excluding carboxylic acids is 1. The molecule has 98 valence electrons. The van der Waals surface area contributed by atoms with Crippen molar-refractivity contribution in [1.82, 2.24) is 4.98 Å². The monoisotopic (exact) mass is 250 g/mol. The fraction of sp³-hybridized carbons (Fsp3) is 0.500. The molecule has 0 aromatic carbocycles. The second-order valence-corrected chi connectivity index (χ2v) is 4.52. The highest BCUT2D eigenvalue weighted by Gasteiger charge is 2.29. The van der Waals surface area contributed by atoms with Gasteiger partial charge < -0.3 is 21.1 Å². The van der Waals surface area contributed by atoms with Gasteiger partial charge in [-0.2, -0.15) is 0 Å². The predicted octanol–water partition coefficient (Wildman–Crippen LogP) is 0.376. The zero-order valence-corrected chi connectivity index (χ0v) is 10.6. The molecule has 6 heteroatoms. The molecule has 0 saturated carbocycles. The van der Waals surface area contributed by atoms with Crippen molar-refractivity contribution >= 4 is 17.4 Å². The normalized spacial score (nSPS) is 23.0. The Morgan fingerprint density at radius 1 is 1.56 bits per heavy atom. The van der Waals surface area contributed by atoms with Crippen molar-refractivity contribution in [3.8, 4) is 0 Å². The van der Waals surface area contributed by atoms with E-state index in [9.17, 15) is 4.79 Å². The number of hydrogen-bond donors (Lipinski definition) is 2. The Hall–Kier alpha value is -1.82. The van der Waals surface area contributed by atoms with E-state index in [1.165, 1.54) is 6.07 Å². The first-order chi connectivity index (χ1) is 8.50. The second kappa shape index (κ2) is 4.81. The Morgan fingerprint density at radius 3 is 2.83 bits per heavy atom. The molecule has 1 aromatic rings. The van der Waals surface area contributed by atoms with E-state index in [4.69, 9.17) is 16.2 Å². The first-order valence-electron chi connectivity index (χ1n) is 5.91. The van der Waals surface area contributed by atoms with Gasteiger partial charge in [0.05, 0.1) is 17.8 Å². The topological polar surface area (TPSA) is 94.5 Å². The van der Waals surface area contributed by atoms with Gasteiger partial charge in [0, 0.05) is 13.7 Å². The molecule has 1 aliphatic rings. The number of primary amides is 1. The van der Waals surface area contributed by atoms with Gasteiger partial charge >= 0.3 is 0 Å². The maximum absolute atomic E-state index is 11.1. The summed E-state index contributed by atoms with van der Waals surface area (Å²) in [6.45, 7) is 2.74. The summed E-state index contributed by atoms with van der Waals surface area (Å²) < 4.78 is 5.52. The summed E-state index contributed by atoms with van der Waals surface area (Å²) in [7, 11) is 1.90. The number of nitrogens with two attached hydrogens (primary N) is 2. The zero-order chi connectivity index (χ0) is 13.3. The number of amides is 1. The first kappa shape index (κ1) is 12.6. The average molecular weight is 250 g/mol.